The summed E-state index contributed by atoms with van der Waals surface area (Å²) in [5.41, 5.74) is 0.425. The number of fused-ring (bicyclic) bond motifs is 1. The van der Waals surface area contributed by atoms with E-state index in [1.165, 1.54) is 0 Å². The Balaban J connectivity index is 2.28. The number of carbonyl (C=O) groups excluding carboxylic acids is 1. The summed E-state index contributed by atoms with van der Waals surface area (Å²) in [6.45, 7) is 3.51. The molecular formula is C13H17N3O2. The van der Waals surface area contributed by atoms with Crippen LogP contribution in [0.5, 0.6) is 0 Å². The second-order valence-corrected chi connectivity index (χ2v) is 5.02. The van der Waals surface area contributed by atoms with Crippen molar-refractivity contribution in [2.75, 3.05) is 6.54 Å². The van der Waals surface area contributed by atoms with Crippen LogP contribution in [0.15, 0.2) is 24.5 Å². The van der Waals surface area contributed by atoms with Crippen molar-refractivity contribution in [2.45, 2.75) is 19.4 Å². The van der Waals surface area contributed by atoms with Crippen molar-refractivity contribution < 1.29 is 9.90 Å². The number of amides is 1. The number of aryl methyl sites for hydroxylation is 1. The number of hydrogen-bond donors (Lipinski definition) is 2. The molecule has 5 nitrogen and oxygen atoms in total. The quantitative estimate of drug-likeness (QED) is 0.852. The lowest BCUT2D eigenvalue weighted by Crippen LogP contribution is -2.38. The molecule has 2 aromatic heterocycles. The summed E-state index contributed by atoms with van der Waals surface area (Å²) in [4.78, 5) is 16.3. The highest BCUT2D eigenvalue weighted by atomic mass is 16.3. The summed E-state index contributed by atoms with van der Waals surface area (Å²) in [5, 5.41) is 13.1. The van der Waals surface area contributed by atoms with Gasteiger partial charge in [0.25, 0.3) is 5.91 Å². The molecule has 0 aliphatic heterocycles. The van der Waals surface area contributed by atoms with E-state index in [1.54, 1.807) is 32.3 Å². The van der Waals surface area contributed by atoms with Crippen molar-refractivity contribution in [3.8, 4) is 0 Å². The van der Waals surface area contributed by atoms with Crippen molar-refractivity contribution in [3.05, 3.63) is 30.1 Å². The Morgan fingerprint density at radius 1 is 1.56 bits per heavy atom. The maximum Gasteiger partial charge on any atom is 0.253 e. The Kier molecular flexibility index (Phi) is 3.09. The minimum atomic E-state index is -0.918. The fraction of sp³-hybridized carbons (Fsp3) is 0.385. The van der Waals surface area contributed by atoms with Gasteiger partial charge in [0.15, 0.2) is 0 Å². The first-order valence-corrected chi connectivity index (χ1v) is 5.79. The molecule has 0 bridgehead atoms. The third-order valence-corrected chi connectivity index (χ3v) is 2.66. The molecular weight excluding hydrogens is 230 g/mol. The molecule has 0 fully saturated rings. The second kappa shape index (κ2) is 4.42. The van der Waals surface area contributed by atoms with E-state index in [0.29, 0.717) is 5.56 Å². The van der Waals surface area contributed by atoms with Gasteiger partial charge in [-0.1, -0.05) is 0 Å². The van der Waals surface area contributed by atoms with Crippen molar-refractivity contribution in [1.29, 1.82) is 0 Å². The summed E-state index contributed by atoms with van der Waals surface area (Å²) in [6, 6.07) is 3.66. The number of aromatic nitrogens is 2. The van der Waals surface area contributed by atoms with Crippen LogP contribution in [0.25, 0.3) is 11.0 Å². The van der Waals surface area contributed by atoms with E-state index in [9.17, 15) is 9.90 Å². The molecule has 5 heteroatoms. The van der Waals surface area contributed by atoms with Gasteiger partial charge in [0.1, 0.15) is 5.65 Å². The van der Waals surface area contributed by atoms with Crippen molar-refractivity contribution in [3.63, 3.8) is 0 Å². The minimum absolute atomic E-state index is 0.198. The number of aliphatic hydroxyl groups is 1. The summed E-state index contributed by atoms with van der Waals surface area (Å²) < 4.78 is 1.81. The van der Waals surface area contributed by atoms with E-state index >= 15 is 0 Å². The van der Waals surface area contributed by atoms with Crippen LogP contribution in [-0.4, -0.2) is 32.7 Å². The van der Waals surface area contributed by atoms with Gasteiger partial charge in [-0.2, -0.15) is 0 Å². The molecule has 0 aliphatic carbocycles. The van der Waals surface area contributed by atoms with Gasteiger partial charge in [-0.15, -0.1) is 0 Å². The number of pyridine rings is 1. The summed E-state index contributed by atoms with van der Waals surface area (Å²) in [7, 11) is 1.85. The lowest BCUT2D eigenvalue weighted by Gasteiger charge is -2.17. The Morgan fingerprint density at radius 3 is 2.94 bits per heavy atom. The molecule has 2 N–H and O–H groups in total. The Labute approximate surface area is 105 Å². The van der Waals surface area contributed by atoms with Crippen LogP contribution >= 0.6 is 0 Å². The number of carbonyl (C=O) groups is 1. The SMILES string of the molecule is Cn1cc(C(=O)NCC(C)(C)O)c2cccnc21. The molecule has 0 saturated carbocycles. The fourth-order valence-electron chi connectivity index (χ4n) is 1.79. The summed E-state index contributed by atoms with van der Waals surface area (Å²) >= 11 is 0. The van der Waals surface area contributed by atoms with Crippen LogP contribution in [0.4, 0.5) is 0 Å². The predicted octanol–water partition coefficient (Wildman–Crippen LogP) is 1.07. The maximum absolute atomic E-state index is 12.1. The largest absolute Gasteiger partial charge is 0.389 e. The molecule has 1 amide bonds. The van der Waals surface area contributed by atoms with E-state index in [4.69, 9.17) is 0 Å². The molecule has 0 unspecified atom stereocenters. The zero-order valence-electron chi connectivity index (χ0n) is 10.8. The average Bonchev–Trinajstić information content (AvgIpc) is 2.64. The van der Waals surface area contributed by atoms with Crippen LogP contribution < -0.4 is 5.32 Å². The fourth-order valence-corrected chi connectivity index (χ4v) is 1.79. The first-order valence-electron chi connectivity index (χ1n) is 5.79. The van der Waals surface area contributed by atoms with Crippen molar-refractivity contribution in [2.24, 2.45) is 7.05 Å². The zero-order valence-corrected chi connectivity index (χ0v) is 10.8. The summed E-state index contributed by atoms with van der Waals surface area (Å²) in [6.07, 6.45) is 3.44. The highest BCUT2D eigenvalue weighted by Gasteiger charge is 2.18. The Bertz CT molecular complexity index is 581. The number of rotatable bonds is 3. The highest BCUT2D eigenvalue weighted by molar-refractivity contribution is 6.06. The topological polar surface area (TPSA) is 67.2 Å². The van der Waals surface area contributed by atoms with E-state index in [1.807, 2.05) is 17.7 Å². The molecule has 0 radical (unpaired) electrons. The molecule has 0 saturated heterocycles. The van der Waals surface area contributed by atoms with E-state index in [0.717, 1.165) is 11.0 Å². The Morgan fingerprint density at radius 2 is 2.28 bits per heavy atom. The van der Waals surface area contributed by atoms with Gasteiger partial charge < -0.3 is 15.0 Å². The predicted molar refractivity (Wildman–Crippen MR) is 69.3 cm³/mol. The van der Waals surface area contributed by atoms with Crippen LogP contribution in [0, 0.1) is 0 Å². The van der Waals surface area contributed by atoms with Gasteiger partial charge in [-0.3, -0.25) is 4.79 Å². The lowest BCUT2D eigenvalue weighted by molar-refractivity contribution is 0.0695. The molecule has 2 rings (SSSR count). The monoisotopic (exact) mass is 247 g/mol. The third-order valence-electron chi connectivity index (χ3n) is 2.66. The van der Waals surface area contributed by atoms with Gasteiger partial charge >= 0.3 is 0 Å². The molecule has 2 heterocycles. The standard InChI is InChI=1S/C13H17N3O2/c1-13(2,18)8-15-12(17)10-7-16(3)11-9(10)5-4-6-14-11/h4-7,18H,8H2,1-3H3,(H,15,17). The molecule has 0 aromatic carbocycles. The molecule has 96 valence electrons. The normalized spacial score (nSPS) is 11.8. The van der Waals surface area contributed by atoms with E-state index < -0.39 is 5.60 Å². The van der Waals surface area contributed by atoms with Gasteiger partial charge in [0, 0.05) is 31.4 Å². The molecule has 18 heavy (non-hydrogen) atoms. The third kappa shape index (κ3) is 2.51. The smallest absolute Gasteiger partial charge is 0.253 e. The first kappa shape index (κ1) is 12.6. The maximum atomic E-state index is 12.1. The Hall–Kier alpha value is -1.88. The lowest BCUT2D eigenvalue weighted by atomic mass is 10.1. The van der Waals surface area contributed by atoms with Gasteiger partial charge in [0.2, 0.25) is 0 Å². The van der Waals surface area contributed by atoms with Crippen LogP contribution in [0.3, 0.4) is 0 Å². The first-order chi connectivity index (χ1) is 8.38. The average molecular weight is 247 g/mol. The van der Waals surface area contributed by atoms with E-state index in [2.05, 4.69) is 10.3 Å². The van der Waals surface area contributed by atoms with E-state index in [-0.39, 0.29) is 12.5 Å². The zero-order chi connectivity index (χ0) is 13.3. The number of nitrogens with zero attached hydrogens (tertiary/aromatic N) is 2. The van der Waals surface area contributed by atoms with Crippen molar-refractivity contribution >= 4 is 16.9 Å². The number of nitrogens with one attached hydrogen (secondary N) is 1. The van der Waals surface area contributed by atoms with Crippen LogP contribution in [0.1, 0.15) is 24.2 Å². The second-order valence-electron chi connectivity index (χ2n) is 5.02. The molecule has 0 spiro atoms. The van der Waals surface area contributed by atoms with Gasteiger partial charge in [-0.25, -0.2) is 4.98 Å². The van der Waals surface area contributed by atoms with Crippen molar-refractivity contribution in [1.82, 2.24) is 14.9 Å². The summed E-state index contributed by atoms with van der Waals surface area (Å²) in [5.74, 6) is -0.198. The minimum Gasteiger partial charge on any atom is -0.389 e. The molecule has 0 aliphatic rings. The highest BCUT2D eigenvalue weighted by Crippen LogP contribution is 2.18. The van der Waals surface area contributed by atoms with Gasteiger partial charge in [0.05, 0.1) is 11.2 Å². The molecule has 2 aromatic rings. The molecule has 0 atom stereocenters. The van der Waals surface area contributed by atoms with Gasteiger partial charge in [-0.05, 0) is 26.0 Å². The van der Waals surface area contributed by atoms with Crippen LogP contribution in [-0.2, 0) is 7.05 Å². The van der Waals surface area contributed by atoms with Crippen LogP contribution in [0.2, 0.25) is 0 Å². The number of hydrogen-bond acceptors (Lipinski definition) is 3.